The molecule has 2 unspecified atom stereocenters. The Bertz CT molecular complexity index is 657. The number of ether oxygens (including phenoxy) is 1. The van der Waals surface area contributed by atoms with Crippen LogP contribution in [-0.2, 0) is 14.8 Å². The highest BCUT2D eigenvalue weighted by molar-refractivity contribution is 7.89. The Kier molecular flexibility index (Phi) is 6.93. The lowest BCUT2D eigenvalue weighted by Crippen LogP contribution is -2.58. The molecule has 0 spiro atoms. The first-order valence-corrected chi connectivity index (χ1v) is 10.2. The van der Waals surface area contributed by atoms with Crippen molar-refractivity contribution in [3.05, 3.63) is 28.2 Å². The van der Waals surface area contributed by atoms with Crippen molar-refractivity contribution < 1.29 is 13.2 Å². The smallest absolute Gasteiger partial charge is 0.243 e. The van der Waals surface area contributed by atoms with Crippen molar-refractivity contribution in [3.8, 4) is 0 Å². The average molecular weight is 395 g/mol. The normalized spacial score (nSPS) is 23.5. The molecule has 1 aliphatic heterocycles. The van der Waals surface area contributed by atoms with Crippen LogP contribution >= 0.6 is 23.2 Å². The summed E-state index contributed by atoms with van der Waals surface area (Å²) in [5, 5.41) is 0.595. The molecule has 1 aromatic carbocycles. The van der Waals surface area contributed by atoms with E-state index in [1.54, 1.807) is 7.11 Å². The van der Waals surface area contributed by atoms with E-state index in [1.165, 1.54) is 22.5 Å². The van der Waals surface area contributed by atoms with Gasteiger partial charge in [0.15, 0.2) is 0 Å². The van der Waals surface area contributed by atoms with E-state index in [0.717, 1.165) is 13.0 Å². The maximum Gasteiger partial charge on any atom is 0.243 e. The van der Waals surface area contributed by atoms with Crippen LogP contribution in [0.15, 0.2) is 23.1 Å². The van der Waals surface area contributed by atoms with Gasteiger partial charge in [0.1, 0.15) is 0 Å². The molecule has 1 aromatic rings. The van der Waals surface area contributed by atoms with Gasteiger partial charge in [0.25, 0.3) is 0 Å². The minimum absolute atomic E-state index is 0.142. The monoisotopic (exact) mass is 394 g/mol. The predicted octanol–water partition coefficient (Wildman–Crippen LogP) is 3.11. The molecule has 0 amide bonds. The first kappa shape index (κ1) is 19.9. The lowest BCUT2D eigenvalue weighted by atomic mass is 10.1. The number of hydrogen-bond donors (Lipinski definition) is 0. The van der Waals surface area contributed by atoms with Crippen molar-refractivity contribution in [3.63, 3.8) is 0 Å². The summed E-state index contributed by atoms with van der Waals surface area (Å²) < 4.78 is 32.4. The molecule has 24 heavy (non-hydrogen) atoms. The Morgan fingerprint density at radius 2 is 1.79 bits per heavy atom. The van der Waals surface area contributed by atoms with E-state index in [1.807, 2.05) is 0 Å². The summed E-state index contributed by atoms with van der Waals surface area (Å²) in [6.07, 6.45) is 0.935. The molecule has 1 saturated heterocycles. The second kappa shape index (κ2) is 8.34. The molecule has 0 radical (unpaired) electrons. The third-order valence-corrected chi connectivity index (χ3v) is 6.93. The SMILES string of the molecule is COCCCN1C(C)CN(S(=O)(=O)c2ccc(Cl)c(Cl)c2)CC1C. The highest BCUT2D eigenvalue weighted by atomic mass is 35.5. The van der Waals surface area contributed by atoms with Gasteiger partial charge in [0, 0.05) is 45.4 Å². The quantitative estimate of drug-likeness (QED) is 0.695. The van der Waals surface area contributed by atoms with Gasteiger partial charge in [-0.05, 0) is 38.5 Å². The van der Waals surface area contributed by atoms with E-state index in [-0.39, 0.29) is 22.0 Å². The Labute approximate surface area is 154 Å². The van der Waals surface area contributed by atoms with Gasteiger partial charge in [-0.3, -0.25) is 4.90 Å². The van der Waals surface area contributed by atoms with Crippen molar-refractivity contribution in [2.45, 2.75) is 37.2 Å². The fourth-order valence-corrected chi connectivity index (χ4v) is 5.11. The number of benzene rings is 1. The molecule has 1 aliphatic rings. The summed E-state index contributed by atoms with van der Waals surface area (Å²) in [5.74, 6) is 0. The zero-order valence-electron chi connectivity index (χ0n) is 14.2. The van der Waals surface area contributed by atoms with Crippen molar-refractivity contribution in [1.82, 2.24) is 9.21 Å². The lowest BCUT2D eigenvalue weighted by molar-refractivity contribution is 0.0666. The second-order valence-electron chi connectivity index (χ2n) is 6.18. The van der Waals surface area contributed by atoms with Crippen LogP contribution in [0.3, 0.4) is 0 Å². The Hall–Kier alpha value is -0.370. The van der Waals surface area contributed by atoms with E-state index in [0.29, 0.717) is 24.7 Å². The van der Waals surface area contributed by atoms with Crippen LogP contribution in [0.25, 0.3) is 0 Å². The standard InChI is InChI=1S/C16H24Cl2N2O3S/c1-12-10-19(11-13(2)20(12)7-4-8-23-3)24(21,22)14-5-6-15(17)16(18)9-14/h5-6,9,12-13H,4,7-8,10-11H2,1-3H3. The predicted molar refractivity (Wildman–Crippen MR) is 97.3 cm³/mol. The summed E-state index contributed by atoms with van der Waals surface area (Å²) in [6.45, 7) is 6.64. The molecule has 1 fully saturated rings. The lowest BCUT2D eigenvalue weighted by Gasteiger charge is -2.43. The van der Waals surface area contributed by atoms with Gasteiger partial charge in [0.2, 0.25) is 10.0 Å². The third-order valence-electron chi connectivity index (χ3n) is 4.36. The minimum Gasteiger partial charge on any atom is -0.385 e. The Morgan fingerprint density at radius 1 is 1.17 bits per heavy atom. The minimum atomic E-state index is -3.58. The molecule has 2 atom stereocenters. The van der Waals surface area contributed by atoms with Gasteiger partial charge in [-0.15, -0.1) is 0 Å². The van der Waals surface area contributed by atoms with E-state index in [9.17, 15) is 8.42 Å². The molecule has 0 bridgehead atoms. The van der Waals surface area contributed by atoms with Crippen LogP contribution in [-0.4, -0.2) is 63.1 Å². The summed E-state index contributed by atoms with van der Waals surface area (Å²) in [6, 6.07) is 4.72. The van der Waals surface area contributed by atoms with Crippen LogP contribution in [0, 0.1) is 0 Å². The summed E-state index contributed by atoms with van der Waals surface area (Å²) in [5.41, 5.74) is 0. The number of piperazine rings is 1. The molecule has 1 heterocycles. The molecule has 2 rings (SSSR count). The Morgan fingerprint density at radius 3 is 2.33 bits per heavy atom. The van der Waals surface area contributed by atoms with E-state index >= 15 is 0 Å². The summed E-state index contributed by atoms with van der Waals surface area (Å²) in [7, 11) is -1.89. The molecule has 5 nitrogen and oxygen atoms in total. The van der Waals surface area contributed by atoms with Gasteiger partial charge in [0.05, 0.1) is 14.9 Å². The third kappa shape index (κ3) is 4.42. The Balaban J connectivity index is 2.14. The summed E-state index contributed by atoms with van der Waals surface area (Å²) in [4.78, 5) is 2.52. The van der Waals surface area contributed by atoms with Gasteiger partial charge in [-0.2, -0.15) is 4.31 Å². The van der Waals surface area contributed by atoms with Crippen molar-refractivity contribution in [2.75, 3.05) is 33.4 Å². The van der Waals surface area contributed by atoms with Crippen LogP contribution < -0.4 is 0 Å². The van der Waals surface area contributed by atoms with Crippen molar-refractivity contribution >= 4 is 33.2 Å². The van der Waals surface area contributed by atoms with Crippen molar-refractivity contribution in [2.24, 2.45) is 0 Å². The number of rotatable bonds is 6. The van der Waals surface area contributed by atoms with Crippen LogP contribution in [0.2, 0.25) is 10.0 Å². The van der Waals surface area contributed by atoms with Crippen molar-refractivity contribution in [1.29, 1.82) is 0 Å². The summed E-state index contributed by atoms with van der Waals surface area (Å²) >= 11 is 11.9. The van der Waals surface area contributed by atoms with E-state index in [4.69, 9.17) is 27.9 Å². The molecular weight excluding hydrogens is 371 g/mol. The molecule has 8 heteroatoms. The van der Waals surface area contributed by atoms with Gasteiger partial charge in [-0.1, -0.05) is 23.2 Å². The van der Waals surface area contributed by atoms with Gasteiger partial charge < -0.3 is 4.74 Å². The fraction of sp³-hybridized carbons (Fsp3) is 0.625. The zero-order chi connectivity index (χ0) is 17.9. The molecule has 0 saturated carbocycles. The maximum absolute atomic E-state index is 12.9. The van der Waals surface area contributed by atoms with E-state index < -0.39 is 10.0 Å². The number of halogens is 2. The highest BCUT2D eigenvalue weighted by Crippen LogP contribution is 2.28. The van der Waals surface area contributed by atoms with Crippen LogP contribution in [0.5, 0.6) is 0 Å². The number of sulfonamides is 1. The molecule has 136 valence electrons. The van der Waals surface area contributed by atoms with E-state index in [2.05, 4.69) is 18.7 Å². The number of hydrogen-bond acceptors (Lipinski definition) is 4. The topological polar surface area (TPSA) is 49.9 Å². The molecule has 0 aliphatic carbocycles. The fourth-order valence-electron chi connectivity index (χ4n) is 3.12. The van der Waals surface area contributed by atoms with Gasteiger partial charge >= 0.3 is 0 Å². The largest absolute Gasteiger partial charge is 0.385 e. The average Bonchev–Trinajstić information content (AvgIpc) is 2.52. The van der Waals surface area contributed by atoms with Crippen LogP contribution in [0.1, 0.15) is 20.3 Å². The maximum atomic E-state index is 12.9. The first-order chi connectivity index (χ1) is 11.3. The molecule has 0 aromatic heterocycles. The van der Waals surface area contributed by atoms with Crippen LogP contribution in [0.4, 0.5) is 0 Å². The second-order valence-corrected chi connectivity index (χ2v) is 8.93. The number of nitrogens with zero attached hydrogens (tertiary/aromatic N) is 2. The number of methoxy groups -OCH3 is 1. The molecular formula is C16H24Cl2N2O3S. The first-order valence-electron chi connectivity index (χ1n) is 7.97. The van der Waals surface area contributed by atoms with Gasteiger partial charge in [-0.25, -0.2) is 8.42 Å². The molecule has 0 N–H and O–H groups in total. The zero-order valence-corrected chi connectivity index (χ0v) is 16.5. The highest BCUT2D eigenvalue weighted by Gasteiger charge is 2.35.